The molecule has 114 valence electrons. The first-order valence-corrected chi connectivity index (χ1v) is 8.41. The van der Waals surface area contributed by atoms with Gasteiger partial charge in [0.05, 0.1) is 12.4 Å². The van der Waals surface area contributed by atoms with E-state index in [1.54, 1.807) is 6.07 Å². The third-order valence-corrected chi connectivity index (χ3v) is 3.96. The second-order valence-electron chi connectivity index (χ2n) is 5.15. The summed E-state index contributed by atoms with van der Waals surface area (Å²) < 4.78 is 31.7. The van der Waals surface area contributed by atoms with Crippen LogP contribution in [0.3, 0.4) is 0 Å². The Morgan fingerprint density at radius 2 is 2.00 bits per heavy atom. The van der Waals surface area contributed by atoms with Crippen molar-refractivity contribution in [2.24, 2.45) is 11.7 Å². The van der Waals surface area contributed by atoms with Crippen molar-refractivity contribution in [3.63, 3.8) is 0 Å². The molecule has 3 N–H and O–H groups in total. The highest BCUT2D eigenvalue weighted by molar-refractivity contribution is 7.88. The predicted molar refractivity (Wildman–Crippen MR) is 80.6 cm³/mol. The number of benzene rings is 1. The lowest BCUT2D eigenvalue weighted by molar-refractivity contribution is 0.114. The molecule has 1 rings (SSSR count). The van der Waals surface area contributed by atoms with E-state index in [1.807, 2.05) is 18.2 Å². The number of rotatable bonds is 9. The van der Waals surface area contributed by atoms with E-state index < -0.39 is 10.0 Å². The van der Waals surface area contributed by atoms with Crippen molar-refractivity contribution in [1.82, 2.24) is 4.72 Å². The Labute approximate surface area is 121 Å². The molecule has 0 spiro atoms. The lowest BCUT2D eigenvalue weighted by atomic mass is 10.1. The van der Waals surface area contributed by atoms with Crippen LogP contribution < -0.4 is 10.5 Å². The summed E-state index contributed by atoms with van der Waals surface area (Å²) in [7, 11) is -3.33. The summed E-state index contributed by atoms with van der Waals surface area (Å²) in [5, 5.41) is 0. The van der Waals surface area contributed by atoms with E-state index in [-0.39, 0.29) is 5.75 Å². The van der Waals surface area contributed by atoms with Gasteiger partial charge in [0.15, 0.2) is 0 Å². The van der Waals surface area contributed by atoms with Crippen molar-refractivity contribution < 1.29 is 13.2 Å². The first-order valence-electron chi connectivity index (χ1n) is 6.76. The summed E-state index contributed by atoms with van der Waals surface area (Å²) in [6.07, 6.45) is 0. The molecule has 0 heterocycles. The van der Waals surface area contributed by atoms with E-state index in [0.29, 0.717) is 32.2 Å². The lowest BCUT2D eigenvalue weighted by Crippen LogP contribution is -2.29. The molecular weight excluding hydrogens is 276 g/mol. The van der Waals surface area contributed by atoms with Crippen LogP contribution in [0.5, 0.6) is 0 Å². The van der Waals surface area contributed by atoms with E-state index in [2.05, 4.69) is 18.6 Å². The number of nitrogens with one attached hydrogen (secondary N) is 1. The normalized spacial score (nSPS) is 12.0. The molecule has 6 heteroatoms. The van der Waals surface area contributed by atoms with Crippen molar-refractivity contribution in [1.29, 1.82) is 0 Å². The van der Waals surface area contributed by atoms with Crippen LogP contribution in [0.25, 0.3) is 0 Å². The molecule has 0 bridgehead atoms. The van der Waals surface area contributed by atoms with Crippen LogP contribution in [0.1, 0.15) is 25.0 Å². The van der Waals surface area contributed by atoms with E-state index in [1.165, 1.54) is 0 Å². The zero-order valence-electron chi connectivity index (χ0n) is 12.1. The third kappa shape index (κ3) is 7.00. The fourth-order valence-corrected chi connectivity index (χ4v) is 2.82. The monoisotopic (exact) mass is 300 g/mol. The van der Waals surface area contributed by atoms with Crippen molar-refractivity contribution in [3.8, 4) is 0 Å². The molecule has 0 aliphatic carbocycles. The van der Waals surface area contributed by atoms with Crippen molar-refractivity contribution in [2.45, 2.75) is 26.1 Å². The van der Waals surface area contributed by atoms with E-state index >= 15 is 0 Å². The van der Waals surface area contributed by atoms with Gasteiger partial charge in [-0.15, -0.1) is 0 Å². The molecule has 0 saturated carbocycles. The van der Waals surface area contributed by atoms with Crippen LogP contribution >= 0.6 is 0 Å². The zero-order chi connectivity index (χ0) is 15.0. The Balaban J connectivity index is 2.41. The van der Waals surface area contributed by atoms with Gasteiger partial charge in [-0.2, -0.15) is 0 Å². The number of nitrogens with two attached hydrogens (primary N) is 1. The number of hydrogen-bond donors (Lipinski definition) is 2. The summed E-state index contributed by atoms with van der Waals surface area (Å²) in [6, 6.07) is 7.30. The molecule has 0 radical (unpaired) electrons. The molecule has 0 unspecified atom stereocenters. The standard InChI is InChI=1S/C14H24N2O3S/c1-12(2)10-19-7-6-16-20(17,18)11-14-5-3-4-13(8-14)9-15/h3-5,8,12,16H,6-7,9-11,15H2,1-2H3. The van der Waals surface area contributed by atoms with E-state index in [9.17, 15) is 8.42 Å². The Bertz CT molecular complexity index is 501. The molecule has 0 saturated heterocycles. The summed E-state index contributed by atoms with van der Waals surface area (Å²) >= 11 is 0. The minimum Gasteiger partial charge on any atom is -0.380 e. The van der Waals surface area contributed by atoms with E-state index in [0.717, 1.165) is 11.1 Å². The first-order chi connectivity index (χ1) is 9.43. The van der Waals surface area contributed by atoms with Crippen LogP contribution in [-0.2, 0) is 27.1 Å². The zero-order valence-corrected chi connectivity index (χ0v) is 12.9. The molecule has 0 atom stereocenters. The highest BCUT2D eigenvalue weighted by Crippen LogP contribution is 2.08. The quantitative estimate of drug-likeness (QED) is 0.672. The van der Waals surface area contributed by atoms with Crippen molar-refractivity contribution in [3.05, 3.63) is 35.4 Å². The van der Waals surface area contributed by atoms with Crippen LogP contribution in [0.2, 0.25) is 0 Å². The molecular formula is C14H24N2O3S. The maximum Gasteiger partial charge on any atom is 0.215 e. The average molecular weight is 300 g/mol. The molecule has 1 aromatic rings. The van der Waals surface area contributed by atoms with Gasteiger partial charge in [0.25, 0.3) is 0 Å². The second kappa shape index (κ2) is 8.36. The summed E-state index contributed by atoms with van der Waals surface area (Å²) in [6.45, 7) is 5.83. The van der Waals surface area contributed by atoms with Gasteiger partial charge in [-0.1, -0.05) is 38.1 Å². The van der Waals surface area contributed by atoms with Crippen LogP contribution in [0, 0.1) is 5.92 Å². The molecule has 5 nitrogen and oxygen atoms in total. The highest BCUT2D eigenvalue weighted by atomic mass is 32.2. The Hall–Kier alpha value is -0.950. The number of hydrogen-bond acceptors (Lipinski definition) is 4. The van der Waals surface area contributed by atoms with Crippen LogP contribution in [-0.4, -0.2) is 28.2 Å². The maximum absolute atomic E-state index is 11.9. The Morgan fingerprint density at radius 3 is 2.65 bits per heavy atom. The highest BCUT2D eigenvalue weighted by Gasteiger charge is 2.11. The molecule has 20 heavy (non-hydrogen) atoms. The average Bonchev–Trinajstić information content (AvgIpc) is 2.37. The van der Waals surface area contributed by atoms with Gasteiger partial charge < -0.3 is 10.5 Å². The third-order valence-electron chi connectivity index (χ3n) is 2.60. The molecule has 0 fully saturated rings. The van der Waals surface area contributed by atoms with Gasteiger partial charge in [-0.05, 0) is 17.0 Å². The molecule has 0 aliphatic heterocycles. The molecule has 0 amide bonds. The van der Waals surface area contributed by atoms with Crippen molar-refractivity contribution in [2.75, 3.05) is 19.8 Å². The van der Waals surface area contributed by atoms with Crippen LogP contribution in [0.15, 0.2) is 24.3 Å². The Morgan fingerprint density at radius 1 is 1.30 bits per heavy atom. The van der Waals surface area contributed by atoms with Gasteiger partial charge in [-0.3, -0.25) is 0 Å². The van der Waals surface area contributed by atoms with Gasteiger partial charge in [-0.25, -0.2) is 13.1 Å². The lowest BCUT2D eigenvalue weighted by Gasteiger charge is -2.09. The summed E-state index contributed by atoms with van der Waals surface area (Å²) in [4.78, 5) is 0. The smallest absolute Gasteiger partial charge is 0.215 e. The van der Waals surface area contributed by atoms with Crippen molar-refractivity contribution >= 4 is 10.0 Å². The first kappa shape index (κ1) is 17.1. The molecule has 1 aromatic carbocycles. The largest absolute Gasteiger partial charge is 0.380 e. The fraction of sp³-hybridized carbons (Fsp3) is 0.571. The minimum absolute atomic E-state index is 0.0367. The second-order valence-corrected chi connectivity index (χ2v) is 6.95. The maximum atomic E-state index is 11.9. The molecule has 0 aliphatic rings. The predicted octanol–water partition coefficient (Wildman–Crippen LogP) is 1.24. The number of ether oxygens (including phenoxy) is 1. The van der Waals surface area contributed by atoms with Gasteiger partial charge in [0, 0.05) is 19.7 Å². The van der Waals surface area contributed by atoms with Gasteiger partial charge in [0.2, 0.25) is 10.0 Å². The van der Waals surface area contributed by atoms with Gasteiger partial charge in [0.1, 0.15) is 0 Å². The minimum atomic E-state index is -3.33. The fourth-order valence-electron chi connectivity index (χ4n) is 1.71. The summed E-state index contributed by atoms with van der Waals surface area (Å²) in [5.41, 5.74) is 7.21. The summed E-state index contributed by atoms with van der Waals surface area (Å²) in [5.74, 6) is 0.413. The SMILES string of the molecule is CC(C)COCCNS(=O)(=O)Cc1cccc(CN)c1. The Kier molecular flexibility index (Phi) is 7.15. The van der Waals surface area contributed by atoms with Crippen LogP contribution in [0.4, 0.5) is 0 Å². The topological polar surface area (TPSA) is 81.4 Å². The molecule has 0 aromatic heterocycles. The number of sulfonamides is 1. The van der Waals surface area contributed by atoms with Gasteiger partial charge >= 0.3 is 0 Å². The van der Waals surface area contributed by atoms with E-state index in [4.69, 9.17) is 10.5 Å².